The summed E-state index contributed by atoms with van der Waals surface area (Å²) in [6, 6.07) is 6.32. The molecule has 1 atom stereocenters. The van der Waals surface area contributed by atoms with Gasteiger partial charge in [0.05, 0.1) is 12.6 Å². The second kappa shape index (κ2) is 8.40. The number of anilines is 1. The van der Waals surface area contributed by atoms with Gasteiger partial charge in [0.15, 0.2) is 0 Å². The molecule has 1 aromatic carbocycles. The molecule has 1 fully saturated rings. The smallest absolute Gasteiger partial charge is 0.428 e. The highest BCUT2D eigenvalue weighted by atomic mass is 19.3. The zero-order chi connectivity index (χ0) is 23.0. The van der Waals surface area contributed by atoms with Crippen LogP contribution in [0.15, 0.2) is 36.5 Å². The van der Waals surface area contributed by atoms with Crippen molar-refractivity contribution >= 4 is 17.6 Å². The number of hydrogen-bond donors (Lipinski definition) is 1. The topological polar surface area (TPSA) is 71.5 Å². The average molecular weight is 451 g/mol. The van der Waals surface area contributed by atoms with Crippen LogP contribution in [-0.4, -0.2) is 34.2 Å². The van der Waals surface area contributed by atoms with Gasteiger partial charge in [0.25, 0.3) is 5.91 Å². The van der Waals surface area contributed by atoms with Gasteiger partial charge in [-0.05, 0) is 49.4 Å². The van der Waals surface area contributed by atoms with E-state index in [-0.39, 0.29) is 18.4 Å². The third-order valence-electron chi connectivity index (χ3n) is 5.64. The van der Waals surface area contributed by atoms with Crippen LogP contribution in [0.25, 0.3) is 0 Å². The largest absolute Gasteiger partial charge is 0.461 e. The average Bonchev–Trinajstić information content (AvgIpc) is 3.49. The summed E-state index contributed by atoms with van der Waals surface area (Å²) in [5.41, 5.74) is 1.65. The molecular weight excluding hydrogens is 430 g/mol. The summed E-state index contributed by atoms with van der Waals surface area (Å²) in [4.78, 5) is 30.9. The highest BCUT2D eigenvalue weighted by Gasteiger charge is 2.44. The number of fused-ring (bicyclic) bond motifs is 1. The number of pyridine rings is 1. The third-order valence-corrected chi connectivity index (χ3v) is 5.64. The van der Waals surface area contributed by atoms with Crippen molar-refractivity contribution in [1.29, 1.82) is 0 Å². The molecule has 2 aliphatic rings. The van der Waals surface area contributed by atoms with Crippen LogP contribution in [0.3, 0.4) is 0 Å². The first-order valence-electron chi connectivity index (χ1n) is 10.2. The van der Waals surface area contributed by atoms with E-state index in [1.54, 1.807) is 17.9 Å². The lowest BCUT2D eigenvalue weighted by atomic mass is 10.1. The number of alkyl halides is 4. The number of nitrogens with one attached hydrogen (secondary N) is 1. The van der Waals surface area contributed by atoms with E-state index in [2.05, 4.69) is 15.0 Å². The number of ether oxygens (including phenoxy) is 1. The first kappa shape index (κ1) is 22.0. The van der Waals surface area contributed by atoms with E-state index in [1.807, 2.05) is 0 Å². The van der Waals surface area contributed by atoms with Gasteiger partial charge in [0, 0.05) is 23.7 Å². The van der Waals surface area contributed by atoms with Gasteiger partial charge in [-0.15, -0.1) is 0 Å². The minimum Gasteiger partial charge on any atom is -0.428 e. The van der Waals surface area contributed by atoms with E-state index < -0.39 is 24.3 Å². The Balaban J connectivity index is 1.47. The molecule has 1 unspecified atom stereocenters. The fourth-order valence-corrected chi connectivity index (χ4v) is 3.63. The van der Waals surface area contributed by atoms with Gasteiger partial charge in [-0.3, -0.25) is 9.59 Å². The number of rotatable bonds is 8. The maximum absolute atomic E-state index is 13.1. The van der Waals surface area contributed by atoms with Crippen molar-refractivity contribution in [2.24, 2.45) is 5.92 Å². The summed E-state index contributed by atoms with van der Waals surface area (Å²) in [5, 5.41) is 2.79. The fraction of sp³-hybridized carbons (Fsp3) is 0.409. The Hall–Kier alpha value is -3.17. The van der Waals surface area contributed by atoms with E-state index in [1.165, 1.54) is 18.3 Å². The summed E-state index contributed by atoms with van der Waals surface area (Å²) in [6.45, 7) is 1.97. The van der Waals surface area contributed by atoms with E-state index >= 15 is 0 Å². The summed E-state index contributed by atoms with van der Waals surface area (Å²) in [7, 11) is 0. The van der Waals surface area contributed by atoms with Gasteiger partial charge in [-0.2, -0.15) is 17.6 Å². The van der Waals surface area contributed by atoms with Crippen LogP contribution in [0.5, 0.6) is 5.75 Å². The fourth-order valence-electron chi connectivity index (χ4n) is 3.63. The molecule has 4 rings (SSSR count). The molecule has 170 valence electrons. The summed E-state index contributed by atoms with van der Waals surface area (Å²) >= 11 is 0. The van der Waals surface area contributed by atoms with E-state index in [0.717, 1.165) is 25.0 Å². The van der Waals surface area contributed by atoms with Crippen molar-refractivity contribution in [1.82, 2.24) is 9.88 Å². The lowest BCUT2D eigenvalue weighted by molar-refractivity contribution is -0.253. The lowest BCUT2D eigenvalue weighted by Gasteiger charge is -2.25. The molecule has 1 aromatic heterocycles. The van der Waals surface area contributed by atoms with E-state index in [0.29, 0.717) is 34.8 Å². The predicted molar refractivity (Wildman–Crippen MR) is 107 cm³/mol. The van der Waals surface area contributed by atoms with Crippen molar-refractivity contribution in [3.05, 3.63) is 53.2 Å². The third kappa shape index (κ3) is 4.53. The minimum atomic E-state index is -4.59. The molecule has 0 saturated heterocycles. The Kier molecular flexibility index (Phi) is 5.79. The highest BCUT2D eigenvalue weighted by molar-refractivity contribution is 6.01. The molecule has 1 N–H and O–H groups in total. The molecule has 6 nitrogen and oxygen atoms in total. The molecule has 0 spiro atoms. The quantitative estimate of drug-likeness (QED) is 0.587. The van der Waals surface area contributed by atoms with Crippen LogP contribution in [-0.2, 0) is 11.3 Å². The number of halogens is 4. The van der Waals surface area contributed by atoms with Crippen molar-refractivity contribution in [3.63, 3.8) is 0 Å². The first-order chi connectivity index (χ1) is 15.2. The summed E-state index contributed by atoms with van der Waals surface area (Å²) in [6.07, 6.45) is -4.56. The van der Waals surface area contributed by atoms with Gasteiger partial charge < -0.3 is 15.0 Å². The summed E-state index contributed by atoms with van der Waals surface area (Å²) in [5.74, 6) is -0.0282. The van der Waals surface area contributed by atoms with Crippen molar-refractivity contribution < 1.29 is 31.9 Å². The molecule has 1 aliphatic carbocycles. The molecule has 10 heteroatoms. The number of nitrogens with zero attached hydrogens (tertiary/aromatic N) is 2. The normalized spacial score (nSPS) is 16.8. The predicted octanol–water partition coefficient (Wildman–Crippen LogP) is 4.77. The second-order valence-electron chi connectivity index (χ2n) is 8.02. The minimum absolute atomic E-state index is 0.136. The highest BCUT2D eigenvalue weighted by Crippen LogP contribution is 2.36. The molecule has 0 bridgehead atoms. The number of benzene rings is 1. The van der Waals surface area contributed by atoms with Crippen molar-refractivity contribution in [2.75, 3.05) is 5.32 Å². The van der Waals surface area contributed by atoms with Gasteiger partial charge in [0.2, 0.25) is 5.91 Å². The number of carbonyl (C=O) groups is 2. The Morgan fingerprint density at radius 3 is 2.56 bits per heavy atom. The monoisotopic (exact) mass is 451 g/mol. The Labute approximate surface area is 181 Å². The number of carbonyl (C=O) groups excluding carboxylic acids is 2. The van der Waals surface area contributed by atoms with Gasteiger partial charge in [0.1, 0.15) is 11.6 Å². The van der Waals surface area contributed by atoms with Gasteiger partial charge in [-0.1, -0.05) is 12.1 Å². The van der Waals surface area contributed by atoms with Crippen LogP contribution in [0, 0.1) is 5.92 Å². The molecule has 0 radical (unpaired) electrons. The molecule has 2 amide bonds. The zero-order valence-corrected chi connectivity index (χ0v) is 17.2. The van der Waals surface area contributed by atoms with Crippen LogP contribution < -0.4 is 10.1 Å². The van der Waals surface area contributed by atoms with Crippen LogP contribution in [0.1, 0.15) is 53.7 Å². The number of amides is 2. The lowest BCUT2D eigenvalue weighted by Crippen LogP contribution is -2.33. The Morgan fingerprint density at radius 1 is 1.25 bits per heavy atom. The second-order valence-corrected chi connectivity index (χ2v) is 8.02. The first-order valence-corrected chi connectivity index (χ1v) is 10.2. The van der Waals surface area contributed by atoms with E-state index in [9.17, 15) is 27.2 Å². The van der Waals surface area contributed by atoms with Crippen LogP contribution in [0.4, 0.5) is 23.4 Å². The van der Waals surface area contributed by atoms with Gasteiger partial charge in [-0.25, -0.2) is 4.98 Å². The standard InChI is InChI=1S/C22H21F4N3O3/c1-12(14-4-6-15(7-5-14)32-22(25,26)21(23)24)29-11-17-16(20(29)31)8-9-27-19(17)28-18(30)10-13-2-3-13/h4-9,12-13,21H,2-3,10-11H2,1H3,(H,27,28,30). The van der Waals surface area contributed by atoms with Crippen LogP contribution in [0.2, 0.25) is 0 Å². The molecule has 2 aromatic rings. The van der Waals surface area contributed by atoms with Gasteiger partial charge >= 0.3 is 12.5 Å². The molecule has 1 aliphatic heterocycles. The SMILES string of the molecule is CC(c1ccc(OC(F)(F)C(F)F)cc1)N1Cc2c(ccnc2NC(=O)CC2CC2)C1=O. The van der Waals surface area contributed by atoms with Crippen LogP contribution >= 0.6 is 0 Å². The maximum atomic E-state index is 13.1. The Morgan fingerprint density at radius 2 is 1.94 bits per heavy atom. The number of aromatic nitrogens is 1. The zero-order valence-electron chi connectivity index (χ0n) is 17.2. The van der Waals surface area contributed by atoms with Crippen molar-refractivity contribution in [2.45, 2.75) is 51.3 Å². The molecular formula is C22H21F4N3O3. The van der Waals surface area contributed by atoms with Crippen molar-refractivity contribution in [3.8, 4) is 5.75 Å². The molecule has 32 heavy (non-hydrogen) atoms. The summed E-state index contributed by atoms with van der Waals surface area (Å²) < 4.78 is 54.8. The molecule has 1 saturated carbocycles. The molecule has 2 heterocycles. The Bertz CT molecular complexity index is 1030. The van der Waals surface area contributed by atoms with E-state index in [4.69, 9.17) is 0 Å². The maximum Gasteiger partial charge on any atom is 0.461 e. The number of hydrogen-bond acceptors (Lipinski definition) is 4.